The lowest BCUT2D eigenvalue weighted by Gasteiger charge is -2.34. The third-order valence-corrected chi connectivity index (χ3v) is 10.8. The molecule has 0 heterocycles. The van der Waals surface area contributed by atoms with Crippen molar-refractivity contribution in [1.29, 1.82) is 0 Å². The van der Waals surface area contributed by atoms with E-state index in [0.717, 1.165) is 36.4 Å². The summed E-state index contributed by atoms with van der Waals surface area (Å²) >= 11 is 18.6. The van der Waals surface area contributed by atoms with Crippen LogP contribution in [-0.2, 0) is 26.2 Å². The van der Waals surface area contributed by atoms with Gasteiger partial charge in [0.25, 0.3) is 10.0 Å². The van der Waals surface area contributed by atoms with Gasteiger partial charge in [0.15, 0.2) is 11.5 Å². The number of hydrogen-bond donors (Lipinski definition) is 1. The molecule has 4 rings (SSSR count). The van der Waals surface area contributed by atoms with Gasteiger partial charge in [-0.25, -0.2) is 8.42 Å². The second-order valence-electron chi connectivity index (χ2n) is 11.0. The number of nitrogens with one attached hydrogen (secondary N) is 1. The standard InChI is InChI=1S/C33H38Cl3N3O6S/c1-4-29(33(41)37-24-8-6-5-7-9-24)38(20-22-10-16-27(35)28(36)18-22)32(40)21-39(25-13-11-23(34)12-14-25)46(42,43)26-15-17-30(44-2)31(19-26)45-3/h10-19,24,29H,4-9,20-21H2,1-3H3,(H,37,41)/t29-/m1/s1. The number of sulfonamides is 1. The molecular formula is C33H38Cl3N3O6S. The van der Waals surface area contributed by atoms with Crippen molar-refractivity contribution in [2.75, 3.05) is 25.1 Å². The van der Waals surface area contributed by atoms with Gasteiger partial charge in [-0.15, -0.1) is 0 Å². The zero-order valence-electron chi connectivity index (χ0n) is 26.0. The average Bonchev–Trinajstić information content (AvgIpc) is 3.05. The fourth-order valence-corrected chi connectivity index (χ4v) is 7.42. The second kappa shape index (κ2) is 16.1. The molecule has 2 amide bonds. The minimum atomic E-state index is -4.35. The molecule has 0 aliphatic heterocycles. The van der Waals surface area contributed by atoms with Gasteiger partial charge in [0, 0.05) is 23.7 Å². The van der Waals surface area contributed by atoms with Gasteiger partial charge < -0.3 is 19.7 Å². The lowest BCUT2D eigenvalue weighted by Crippen LogP contribution is -2.54. The van der Waals surface area contributed by atoms with Crippen molar-refractivity contribution in [3.63, 3.8) is 0 Å². The molecule has 1 fully saturated rings. The van der Waals surface area contributed by atoms with E-state index in [1.54, 1.807) is 30.3 Å². The first-order chi connectivity index (χ1) is 22.0. The Hall–Kier alpha value is -3.18. The van der Waals surface area contributed by atoms with E-state index in [4.69, 9.17) is 44.3 Å². The highest BCUT2D eigenvalue weighted by Crippen LogP contribution is 2.33. The Kier molecular flexibility index (Phi) is 12.5. The van der Waals surface area contributed by atoms with E-state index >= 15 is 0 Å². The molecule has 3 aromatic carbocycles. The number of rotatable bonds is 13. The molecule has 248 valence electrons. The normalized spacial score (nSPS) is 14.3. The van der Waals surface area contributed by atoms with Crippen molar-refractivity contribution < 1.29 is 27.5 Å². The largest absolute Gasteiger partial charge is 0.493 e. The van der Waals surface area contributed by atoms with Crippen molar-refractivity contribution in [3.05, 3.63) is 81.3 Å². The Morgan fingerprint density at radius 3 is 2.17 bits per heavy atom. The van der Waals surface area contributed by atoms with E-state index < -0.39 is 28.5 Å². The van der Waals surface area contributed by atoms with Crippen LogP contribution in [0, 0.1) is 0 Å². The number of amides is 2. The maximum atomic E-state index is 14.4. The summed E-state index contributed by atoms with van der Waals surface area (Å²) in [6, 6.07) is 14.4. The van der Waals surface area contributed by atoms with Crippen LogP contribution in [0.15, 0.2) is 65.6 Å². The molecule has 3 aromatic rings. The Bertz CT molecular complexity index is 1630. The molecule has 0 unspecified atom stereocenters. The van der Waals surface area contributed by atoms with Crippen LogP contribution in [0.3, 0.4) is 0 Å². The fourth-order valence-electron chi connectivity index (χ4n) is 5.54. The molecule has 0 spiro atoms. The summed E-state index contributed by atoms with van der Waals surface area (Å²) in [7, 11) is -1.50. The monoisotopic (exact) mass is 709 g/mol. The van der Waals surface area contributed by atoms with Gasteiger partial charge in [-0.2, -0.15) is 0 Å². The van der Waals surface area contributed by atoms with E-state index in [0.29, 0.717) is 32.8 Å². The van der Waals surface area contributed by atoms with E-state index in [9.17, 15) is 18.0 Å². The third kappa shape index (κ3) is 8.59. The molecule has 1 atom stereocenters. The van der Waals surface area contributed by atoms with Crippen LogP contribution in [0.25, 0.3) is 0 Å². The quantitative estimate of drug-likeness (QED) is 0.203. The third-order valence-electron chi connectivity index (χ3n) is 8.01. The van der Waals surface area contributed by atoms with Gasteiger partial charge in [-0.1, -0.05) is 67.1 Å². The summed E-state index contributed by atoms with van der Waals surface area (Å²) in [5.74, 6) is -0.324. The number of benzene rings is 3. The van der Waals surface area contributed by atoms with Gasteiger partial charge in [0.05, 0.1) is 34.8 Å². The van der Waals surface area contributed by atoms with Crippen LogP contribution >= 0.6 is 34.8 Å². The minimum absolute atomic E-state index is 0.00280. The molecular weight excluding hydrogens is 673 g/mol. The van der Waals surface area contributed by atoms with Crippen molar-refractivity contribution in [2.45, 2.75) is 69.0 Å². The zero-order chi connectivity index (χ0) is 33.4. The summed E-state index contributed by atoms with van der Waals surface area (Å²) in [4.78, 5) is 29.4. The van der Waals surface area contributed by atoms with E-state index in [1.165, 1.54) is 49.5 Å². The van der Waals surface area contributed by atoms with Gasteiger partial charge in [-0.3, -0.25) is 13.9 Å². The van der Waals surface area contributed by atoms with Crippen molar-refractivity contribution >= 4 is 62.3 Å². The Balaban J connectivity index is 1.74. The Labute approximate surface area is 285 Å². The first-order valence-corrected chi connectivity index (χ1v) is 17.6. The molecule has 0 radical (unpaired) electrons. The first kappa shape index (κ1) is 35.7. The fraction of sp³-hybridized carbons (Fsp3) is 0.394. The lowest BCUT2D eigenvalue weighted by molar-refractivity contribution is -0.140. The highest BCUT2D eigenvalue weighted by molar-refractivity contribution is 7.92. The first-order valence-electron chi connectivity index (χ1n) is 15.0. The van der Waals surface area contributed by atoms with Crippen molar-refractivity contribution in [2.24, 2.45) is 0 Å². The predicted molar refractivity (Wildman–Crippen MR) is 182 cm³/mol. The number of nitrogens with zero attached hydrogens (tertiary/aromatic N) is 2. The predicted octanol–water partition coefficient (Wildman–Crippen LogP) is 7.12. The molecule has 1 aliphatic carbocycles. The van der Waals surface area contributed by atoms with Crippen LogP contribution in [0.2, 0.25) is 15.1 Å². The average molecular weight is 711 g/mol. The summed E-state index contributed by atoms with van der Waals surface area (Å²) in [5.41, 5.74) is 0.842. The van der Waals surface area contributed by atoms with Crippen LogP contribution in [0.4, 0.5) is 5.69 Å². The lowest BCUT2D eigenvalue weighted by atomic mass is 9.95. The minimum Gasteiger partial charge on any atom is -0.493 e. The molecule has 9 nitrogen and oxygen atoms in total. The molecule has 1 aliphatic rings. The van der Waals surface area contributed by atoms with E-state index in [2.05, 4.69) is 5.32 Å². The molecule has 1 N–H and O–H groups in total. The van der Waals surface area contributed by atoms with Gasteiger partial charge in [0.2, 0.25) is 11.8 Å². The number of carbonyl (C=O) groups excluding carboxylic acids is 2. The van der Waals surface area contributed by atoms with E-state index in [-0.39, 0.29) is 34.8 Å². The number of ether oxygens (including phenoxy) is 2. The van der Waals surface area contributed by atoms with Gasteiger partial charge in [-0.05, 0) is 73.4 Å². The Morgan fingerprint density at radius 2 is 1.57 bits per heavy atom. The van der Waals surface area contributed by atoms with Gasteiger partial charge >= 0.3 is 0 Å². The summed E-state index contributed by atoms with van der Waals surface area (Å²) in [5, 5.41) is 4.17. The van der Waals surface area contributed by atoms with Crippen LogP contribution in [-0.4, -0.2) is 58.0 Å². The molecule has 0 saturated heterocycles. The summed E-state index contributed by atoms with van der Waals surface area (Å²) in [6.07, 6.45) is 5.22. The second-order valence-corrected chi connectivity index (χ2v) is 14.2. The topological polar surface area (TPSA) is 105 Å². The van der Waals surface area contributed by atoms with Gasteiger partial charge in [0.1, 0.15) is 12.6 Å². The van der Waals surface area contributed by atoms with E-state index in [1.807, 2.05) is 6.92 Å². The highest BCUT2D eigenvalue weighted by atomic mass is 35.5. The smallest absolute Gasteiger partial charge is 0.264 e. The number of carbonyl (C=O) groups is 2. The molecule has 13 heteroatoms. The van der Waals surface area contributed by atoms with Crippen LogP contribution < -0.4 is 19.1 Å². The van der Waals surface area contributed by atoms with Crippen molar-refractivity contribution in [3.8, 4) is 11.5 Å². The van der Waals surface area contributed by atoms with Crippen LogP contribution in [0.1, 0.15) is 51.0 Å². The molecule has 1 saturated carbocycles. The molecule has 0 aromatic heterocycles. The van der Waals surface area contributed by atoms with Crippen molar-refractivity contribution in [1.82, 2.24) is 10.2 Å². The number of anilines is 1. The number of methoxy groups -OCH3 is 2. The summed E-state index contributed by atoms with van der Waals surface area (Å²) in [6.45, 7) is 1.21. The Morgan fingerprint density at radius 1 is 0.891 bits per heavy atom. The molecule has 46 heavy (non-hydrogen) atoms. The molecule has 0 bridgehead atoms. The summed E-state index contributed by atoms with van der Waals surface area (Å²) < 4.78 is 40.1. The number of halogens is 3. The zero-order valence-corrected chi connectivity index (χ0v) is 29.1. The highest BCUT2D eigenvalue weighted by Gasteiger charge is 2.35. The maximum absolute atomic E-state index is 14.4. The maximum Gasteiger partial charge on any atom is 0.264 e. The van der Waals surface area contributed by atoms with Crippen LogP contribution in [0.5, 0.6) is 11.5 Å². The number of hydrogen-bond acceptors (Lipinski definition) is 6. The SMILES string of the molecule is CC[C@H](C(=O)NC1CCCCC1)N(Cc1ccc(Cl)c(Cl)c1)C(=O)CN(c1ccc(Cl)cc1)S(=O)(=O)c1ccc(OC)c(OC)c1.